The summed E-state index contributed by atoms with van der Waals surface area (Å²) in [6, 6.07) is 5.25. The number of pyridine rings is 1. The molecule has 4 heterocycles. The second-order valence-electron chi connectivity index (χ2n) is 9.32. The van der Waals surface area contributed by atoms with Crippen LogP contribution in [0.1, 0.15) is 25.7 Å². The molecule has 7 rings (SSSR count). The number of hydrogen-bond acceptors (Lipinski definition) is 8. The van der Waals surface area contributed by atoms with Crippen LogP contribution in [0.4, 0.5) is 16.1 Å². The molecule has 0 radical (unpaired) electrons. The van der Waals surface area contributed by atoms with Crippen LogP contribution in [-0.2, 0) is 4.79 Å². The van der Waals surface area contributed by atoms with E-state index < -0.39 is 28.5 Å². The van der Waals surface area contributed by atoms with E-state index >= 15 is 0 Å². The highest BCUT2D eigenvalue weighted by Crippen LogP contribution is 2.46. The number of hydrogen-bond donors (Lipinski definition) is 3. The minimum absolute atomic E-state index is 0.0983. The molecule has 4 aromatic heterocycles. The van der Waals surface area contributed by atoms with Crippen molar-refractivity contribution in [3.05, 3.63) is 52.6 Å². The number of aromatic nitrogens is 4. The normalized spacial score (nSPS) is 23.1. The Balaban J connectivity index is 1.46. The van der Waals surface area contributed by atoms with Crippen molar-refractivity contribution in [2.24, 2.45) is 17.8 Å². The average molecular weight is 492 g/mol. The summed E-state index contributed by atoms with van der Waals surface area (Å²) in [5, 5.41) is 24.9. The summed E-state index contributed by atoms with van der Waals surface area (Å²) in [7, 11) is 0. The van der Waals surface area contributed by atoms with Gasteiger partial charge in [0.2, 0.25) is 0 Å². The number of carboxylic acids is 1. The Bertz CT molecular complexity index is 1490. The minimum Gasteiger partial charge on any atom is -0.481 e. The van der Waals surface area contributed by atoms with Crippen molar-refractivity contribution in [1.29, 1.82) is 0 Å². The summed E-state index contributed by atoms with van der Waals surface area (Å²) in [5.74, 6) is -1.34. The van der Waals surface area contributed by atoms with Crippen molar-refractivity contribution < 1.29 is 23.6 Å². The molecule has 2 unspecified atom stereocenters. The molecule has 0 saturated heterocycles. The van der Waals surface area contributed by atoms with Gasteiger partial charge in [-0.1, -0.05) is 0 Å². The molecule has 0 aromatic carbocycles. The van der Waals surface area contributed by atoms with Crippen LogP contribution in [0.15, 0.2) is 41.1 Å². The second-order valence-corrected chi connectivity index (χ2v) is 9.32. The molecule has 0 amide bonds. The lowest BCUT2D eigenvalue weighted by atomic mass is 9.61. The first kappa shape index (κ1) is 22.1. The maximum atomic E-state index is 14.0. The van der Waals surface area contributed by atoms with Crippen LogP contribution in [-0.4, -0.2) is 42.0 Å². The van der Waals surface area contributed by atoms with Gasteiger partial charge in [0, 0.05) is 29.3 Å². The number of anilines is 1. The zero-order chi connectivity index (χ0) is 25.0. The van der Waals surface area contributed by atoms with E-state index in [4.69, 9.17) is 4.42 Å². The van der Waals surface area contributed by atoms with Gasteiger partial charge in [-0.05, 0) is 49.7 Å². The van der Waals surface area contributed by atoms with Gasteiger partial charge < -0.3 is 19.8 Å². The predicted octanol–water partition coefficient (Wildman–Crippen LogP) is 4.63. The molecule has 3 fully saturated rings. The summed E-state index contributed by atoms with van der Waals surface area (Å²) in [6.45, 7) is 0. The van der Waals surface area contributed by atoms with Gasteiger partial charge in [0.05, 0.1) is 18.2 Å². The van der Waals surface area contributed by atoms with Crippen LogP contribution >= 0.6 is 0 Å². The monoisotopic (exact) mass is 492 g/mol. The first-order chi connectivity index (χ1) is 17.4. The quantitative estimate of drug-likeness (QED) is 0.257. The van der Waals surface area contributed by atoms with Gasteiger partial charge in [-0.3, -0.25) is 14.9 Å². The highest BCUT2D eigenvalue weighted by molar-refractivity contribution is 5.92. The molecule has 3 saturated carbocycles. The maximum absolute atomic E-state index is 14.0. The Morgan fingerprint density at radius 2 is 1.97 bits per heavy atom. The molecule has 11 nitrogen and oxygen atoms in total. The zero-order valence-corrected chi connectivity index (χ0v) is 18.8. The Hall–Kier alpha value is -4.35. The number of furan rings is 1. The van der Waals surface area contributed by atoms with Gasteiger partial charge in [0.1, 0.15) is 27.9 Å². The molecule has 0 spiro atoms. The summed E-state index contributed by atoms with van der Waals surface area (Å²) in [6.07, 6.45) is 6.36. The zero-order valence-electron chi connectivity index (χ0n) is 18.8. The topological polar surface area (TPSA) is 160 Å². The largest absolute Gasteiger partial charge is 0.481 e. The number of H-pyrrole nitrogens is 1. The number of halogens is 1. The van der Waals surface area contributed by atoms with Crippen LogP contribution < -0.4 is 5.32 Å². The van der Waals surface area contributed by atoms with Gasteiger partial charge in [0.15, 0.2) is 11.6 Å². The number of carboxylic acid groups (broad SMARTS) is 1. The number of aliphatic carboxylic acids is 1. The molecular weight excluding hydrogens is 471 g/mol. The van der Waals surface area contributed by atoms with E-state index in [9.17, 15) is 24.4 Å². The third-order valence-electron chi connectivity index (χ3n) is 7.31. The molecule has 3 aliphatic carbocycles. The van der Waals surface area contributed by atoms with E-state index in [1.807, 2.05) is 0 Å². The summed E-state index contributed by atoms with van der Waals surface area (Å²) >= 11 is 0. The van der Waals surface area contributed by atoms with Crippen LogP contribution in [0.3, 0.4) is 0 Å². The van der Waals surface area contributed by atoms with Gasteiger partial charge in [-0.25, -0.2) is 19.3 Å². The first-order valence-electron chi connectivity index (χ1n) is 11.6. The van der Waals surface area contributed by atoms with Crippen molar-refractivity contribution >= 4 is 28.7 Å². The third-order valence-corrected chi connectivity index (χ3v) is 7.31. The lowest BCUT2D eigenvalue weighted by Crippen LogP contribution is -2.51. The predicted molar refractivity (Wildman–Crippen MR) is 125 cm³/mol. The number of rotatable bonds is 6. The molecule has 3 N–H and O–H groups in total. The molecule has 36 heavy (non-hydrogen) atoms. The van der Waals surface area contributed by atoms with Crippen LogP contribution in [0.25, 0.3) is 33.9 Å². The van der Waals surface area contributed by atoms with E-state index in [2.05, 4.69) is 25.3 Å². The molecule has 3 aliphatic rings. The van der Waals surface area contributed by atoms with Gasteiger partial charge in [0.25, 0.3) is 0 Å². The lowest BCUT2D eigenvalue weighted by molar-refractivity contribution is -0.401. The smallest absolute Gasteiger partial charge is 0.433 e. The first-order valence-corrected chi connectivity index (χ1v) is 11.6. The van der Waals surface area contributed by atoms with E-state index in [1.54, 1.807) is 12.3 Å². The van der Waals surface area contributed by atoms with Gasteiger partial charge in [-0.15, -0.1) is 0 Å². The Morgan fingerprint density at radius 3 is 2.69 bits per heavy atom. The molecule has 2 atom stereocenters. The number of nitrogens with zero attached hydrogens (tertiary/aromatic N) is 4. The minimum atomic E-state index is -0.837. The van der Waals surface area contributed by atoms with E-state index in [0.29, 0.717) is 22.4 Å². The lowest BCUT2D eigenvalue weighted by Gasteiger charge is -2.47. The highest BCUT2D eigenvalue weighted by atomic mass is 19.1. The second kappa shape index (κ2) is 8.40. The SMILES string of the molecule is O=C(O)C1C2CCC(CC2)C1Nc1cc(-c2ccc([N+](=O)[O-])o2)nc(-c2c[nH]c3ncc(F)cc23)n1. The van der Waals surface area contributed by atoms with E-state index in [0.717, 1.165) is 31.9 Å². The summed E-state index contributed by atoms with van der Waals surface area (Å²) in [4.78, 5) is 38.8. The number of fused-ring (bicyclic) bond motifs is 4. The molecule has 4 aromatic rings. The standard InChI is InChI=1S/C24H21FN6O5/c25-13-7-14-15(10-27-22(14)26-9-13)23-28-16(17-5-6-19(36-17)31(34)35)8-18(30-23)29-21-12-3-1-11(2-4-12)20(21)24(32)33/h5-12,20-21H,1-4H2,(H,26,27)(H,32,33)(H,28,29,30). The number of nitro groups is 1. The average Bonchev–Trinajstić information content (AvgIpc) is 3.52. The fourth-order valence-corrected chi connectivity index (χ4v) is 5.68. The van der Waals surface area contributed by atoms with Crippen molar-refractivity contribution in [3.63, 3.8) is 0 Å². The Labute approximate surface area is 202 Å². The van der Waals surface area contributed by atoms with Crippen LogP contribution in [0.5, 0.6) is 0 Å². The molecule has 2 bridgehead atoms. The van der Waals surface area contributed by atoms with Gasteiger partial charge in [-0.2, -0.15) is 0 Å². The Morgan fingerprint density at radius 1 is 1.19 bits per heavy atom. The molecular formula is C24H21FN6O5. The summed E-state index contributed by atoms with van der Waals surface area (Å²) in [5.41, 5.74) is 1.18. The maximum Gasteiger partial charge on any atom is 0.433 e. The fourth-order valence-electron chi connectivity index (χ4n) is 5.68. The summed E-state index contributed by atoms with van der Waals surface area (Å²) < 4.78 is 19.3. The van der Waals surface area contributed by atoms with Crippen molar-refractivity contribution in [2.45, 2.75) is 31.7 Å². The van der Waals surface area contributed by atoms with E-state index in [-0.39, 0.29) is 35.2 Å². The molecule has 0 aliphatic heterocycles. The molecule has 12 heteroatoms. The van der Waals surface area contributed by atoms with Crippen molar-refractivity contribution in [2.75, 3.05) is 5.32 Å². The Kier molecular flexibility index (Phi) is 5.16. The van der Waals surface area contributed by atoms with Crippen molar-refractivity contribution in [3.8, 4) is 22.8 Å². The number of carbonyl (C=O) groups is 1. The van der Waals surface area contributed by atoms with Crippen molar-refractivity contribution in [1.82, 2.24) is 19.9 Å². The van der Waals surface area contributed by atoms with Crippen LogP contribution in [0, 0.1) is 33.7 Å². The fraction of sp³-hybridized carbons (Fsp3) is 0.333. The third kappa shape index (κ3) is 3.74. The van der Waals surface area contributed by atoms with Crippen LogP contribution in [0.2, 0.25) is 0 Å². The van der Waals surface area contributed by atoms with Gasteiger partial charge >= 0.3 is 11.9 Å². The highest BCUT2D eigenvalue weighted by Gasteiger charge is 2.47. The number of aromatic amines is 1. The van der Waals surface area contributed by atoms with E-state index in [1.165, 1.54) is 18.2 Å². The molecule has 184 valence electrons. The number of nitrogens with one attached hydrogen (secondary N) is 2.